The van der Waals surface area contributed by atoms with Crippen molar-refractivity contribution in [3.8, 4) is 0 Å². The minimum absolute atomic E-state index is 0.0450. The van der Waals surface area contributed by atoms with Crippen molar-refractivity contribution in [1.29, 1.82) is 0 Å². The van der Waals surface area contributed by atoms with Crippen LogP contribution in [0.15, 0.2) is 0 Å². The summed E-state index contributed by atoms with van der Waals surface area (Å²) < 4.78 is 0. The molecule has 0 spiro atoms. The minimum atomic E-state index is -0.821. The van der Waals surface area contributed by atoms with Crippen LogP contribution in [0, 0.1) is 0 Å². The molecule has 1 saturated heterocycles. The zero-order valence-electron chi connectivity index (χ0n) is 6.82. The Kier molecular flexibility index (Phi) is 2.59. The van der Waals surface area contributed by atoms with E-state index in [1.165, 1.54) is 0 Å². The van der Waals surface area contributed by atoms with Gasteiger partial charge in [-0.2, -0.15) is 0 Å². The van der Waals surface area contributed by atoms with Crippen molar-refractivity contribution < 1.29 is 14.4 Å². The van der Waals surface area contributed by atoms with Crippen molar-refractivity contribution in [2.45, 2.75) is 12.5 Å². The van der Waals surface area contributed by atoms with Crippen LogP contribution in [0.1, 0.15) is 6.42 Å². The van der Waals surface area contributed by atoms with Crippen LogP contribution < -0.4 is 17.0 Å². The van der Waals surface area contributed by atoms with Crippen molar-refractivity contribution in [1.82, 2.24) is 10.3 Å². The second kappa shape index (κ2) is 3.50. The Morgan fingerprint density at radius 3 is 2.62 bits per heavy atom. The molecular weight excluding hydrogens is 176 g/mol. The highest BCUT2D eigenvalue weighted by Gasteiger charge is 2.36. The fourth-order valence-electron chi connectivity index (χ4n) is 1.06. The highest BCUT2D eigenvalue weighted by Crippen LogP contribution is 2.09. The fraction of sp³-hybridized carbons (Fsp3) is 0.500. The number of hydrogen-bond acceptors (Lipinski definition) is 5. The predicted octanol–water partition coefficient (Wildman–Crippen LogP) is -2.94. The Morgan fingerprint density at radius 2 is 2.23 bits per heavy atom. The fourth-order valence-corrected chi connectivity index (χ4v) is 1.06. The quantitative estimate of drug-likeness (QED) is 0.184. The Bertz CT molecular complexity index is 265. The molecule has 0 saturated carbocycles. The third kappa shape index (κ3) is 1.82. The van der Waals surface area contributed by atoms with E-state index in [-0.39, 0.29) is 13.0 Å². The van der Waals surface area contributed by atoms with Gasteiger partial charge in [0.05, 0.1) is 12.5 Å². The molecule has 1 aliphatic rings. The molecule has 0 bridgehead atoms. The maximum absolute atomic E-state index is 11.1. The van der Waals surface area contributed by atoms with Crippen LogP contribution in [0.4, 0.5) is 0 Å². The summed E-state index contributed by atoms with van der Waals surface area (Å²) >= 11 is 0. The molecule has 7 heteroatoms. The lowest BCUT2D eigenvalue weighted by Gasteiger charge is -2.11. The van der Waals surface area contributed by atoms with E-state index in [2.05, 4.69) is 0 Å². The average Bonchev–Trinajstić information content (AvgIpc) is 2.32. The van der Waals surface area contributed by atoms with Crippen molar-refractivity contribution in [2.75, 3.05) is 6.54 Å². The number of amides is 3. The van der Waals surface area contributed by atoms with Gasteiger partial charge < -0.3 is 5.73 Å². The number of nitrogens with zero attached hydrogens (tertiary/aromatic N) is 1. The van der Waals surface area contributed by atoms with Gasteiger partial charge in [-0.25, -0.2) is 5.84 Å². The number of rotatable bonds is 2. The molecule has 1 aliphatic heterocycles. The second-order valence-corrected chi connectivity index (χ2v) is 2.70. The van der Waals surface area contributed by atoms with Crippen molar-refractivity contribution in [2.24, 2.45) is 11.6 Å². The van der Waals surface area contributed by atoms with Gasteiger partial charge in [0.1, 0.15) is 6.54 Å². The lowest BCUT2D eigenvalue weighted by Crippen LogP contribution is -2.44. The standard InChI is InChI=1S/C6H10N4O3/c7-3-1-5(12)10(6(3)13)2-4(11)9-8/h3H,1-2,7-8H2,(H,9,11). The van der Waals surface area contributed by atoms with Gasteiger partial charge in [0.25, 0.3) is 5.91 Å². The van der Waals surface area contributed by atoms with Gasteiger partial charge in [0, 0.05) is 0 Å². The molecule has 72 valence electrons. The molecule has 5 N–H and O–H groups in total. The number of carbonyl (C=O) groups excluding carboxylic acids is 3. The molecular formula is C6H10N4O3. The molecule has 0 aromatic heterocycles. The van der Waals surface area contributed by atoms with Crippen LogP contribution >= 0.6 is 0 Å². The smallest absolute Gasteiger partial charge is 0.254 e. The van der Waals surface area contributed by atoms with E-state index in [1.807, 2.05) is 5.43 Å². The summed E-state index contributed by atoms with van der Waals surface area (Å²) in [7, 11) is 0. The van der Waals surface area contributed by atoms with Crippen LogP contribution in [0.5, 0.6) is 0 Å². The van der Waals surface area contributed by atoms with Crippen molar-refractivity contribution in [3.63, 3.8) is 0 Å². The first kappa shape index (κ1) is 9.62. The number of hydrogen-bond donors (Lipinski definition) is 3. The summed E-state index contributed by atoms with van der Waals surface area (Å²) in [6.07, 6.45) is -0.0450. The maximum Gasteiger partial charge on any atom is 0.254 e. The number of carbonyl (C=O) groups is 3. The van der Waals surface area contributed by atoms with E-state index >= 15 is 0 Å². The zero-order chi connectivity index (χ0) is 10.0. The molecule has 0 aromatic rings. The molecule has 0 aliphatic carbocycles. The molecule has 1 unspecified atom stereocenters. The molecule has 0 radical (unpaired) electrons. The monoisotopic (exact) mass is 186 g/mol. The third-order valence-electron chi connectivity index (χ3n) is 1.74. The summed E-state index contributed by atoms with van der Waals surface area (Å²) in [5.41, 5.74) is 7.12. The molecule has 1 atom stereocenters. The van der Waals surface area contributed by atoms with Gasteiger partial charge in [-0.15, -0.1) is 0 Å². The first-order valence-corrected chi connectivity index (χ1v) is 3.65. The normalized spacial score (nSPS) is 22.3. The lowest BCUT2D eigenvalue weighted by atomic mass is 10.3. The van der Waals surface area contributed by atoms with Crippen LogP contribution in [-0.4, -0.2) is 35.2 Å². The Hall–Kier alpha value is -1.47. The summed E-state index contributed by atoms with van der Waals surface area (Å²) in [6.45, 7) is -0.359. The lowest BCUT2D eigenvalue weighted by molar-refractivity contribution is -0.142. The van der Waals surface area contributed by atoms with E-state index in [1.54, 1.807) is 0 Å². The highest BCUT2D eigenvalue weighted by molar-refractivity contribution is 6.07. The van der Waals surface area contributed by atoms with E-state index in [0.717, 1.165) is 4.90 Å². The van der Waals surface area contributed by atoms with Gasteiger partial charge in [-0.1, -0.05) is 0 Å². The molecule has 1 heterocycles. The number of imide groups is 1. The highest BCUT2D eigenvalue weighted by atomic mass is 16.2. The number of likely N-dealkylation sites (tertiary alicyclic amines) is 1. The van der Waals surface area contributed by atoms with Crippen molar-refractivity contribution in [3.05, 3.63) is 0 Å². The molecule has 3 amide bonds. The minimum Gasteiger partial charge on any atom is -0.319 e. The maximum atomic E-state index is 11.1. The predicted molar refractivity (Wildman–Crippen MR) is 41.6 cm³/mol. The summed E-state index contributed by atoms with van der Waals surface area (Å²) in [5, 5.41) is 0. The summed E-state index contributed by atoms with van der Waals surface area (Å²) in [4.78, 5) is 33.7. The van der Waals surface area contributed by atoms with Gasteiger partial charge in [0.15, 0.2) is 0 Å². The second-order valence-electron chi connectivity index (χ2n) is 2.70. The van der Waals surface area contributed by atoms with Crippen LogP contribution in [0.3, 0.4) is 0 Å². The van der Waals surface area contributed by atoms with E-state index < -0.39 is 23.8 Å². The first-order valence-electron chi connectivity index (χ1n) is 3.65. The van der Waals surface area contributed by atoms with Crippen LogP contribution in [0.2, 0.25) is 0 Å². The Morgan fingerprint density at radius 1 is 1.62 bits per heavy atom. The Balaban J connectivity index is 2.64. The molecule has 1 fully saturated rings. The van der Waals surface area contributed by atoms with Crippen molar-refractivity contribution >= 4 is 17.7 Å². The number of nitrogens with one attached hydrogen (secondary N) is 1. The molecule has 1 rings (SSSR count). The first-order chi connectivity index (χ1) is 6.06. The summed E-state index contributed by atoms with van der Waals surface area (Å²) in [6, 6.07) is -0.821. The van der Waals surface area contributed by atoms with Gasteiger partial charge in [-0.3, -0.25) is 24.7 Å². The van der Waals surface area contributed by atoms with Crippen LogP contribution in [0.25, 0.3) is 0 Å². The SMILES string of the molecule is NNC(=O)CN1C(=O)CC(N)C1=O. The largest absolute Gasteiger partial charge is 0.319 e. The van der Waals surface area contributed by atoms with E-state index in [0.29, 0.717) is 0 Å². The summed E-state index contributed by atoms with van der Waals surface area (Å²) in [5.74, 6) is 3.22. The molecule has 13 heavy (non-hydrogen) atoms. The van der Waals surface area contributed by atoms with Crippen LogP contribution in [-0.2, 0) is 14.4 Å². The Labute approximate surface area is 74.0 Å². The topological polar surface area (TPSA) is 119 Å². The number of nitrogens with two attached hydrogens (primary N) is 2. The zero-order valence-corrected chi connectivity index (χ0v) is 6.82. The van der Waals surface area contributed by atoms with E-state index in [4.69, 9.17) is 11.6 Å². The average molecular weight is 186 g/mol. The molecule has 7 nitrogen and oxygen atoms in total. The van der Waals surface area contributed by atoms with Gasteiger partial charge >= 0.3 is 0 Å². The number of hydrazine groups is 1. The van der Waals surface area contributed by atoms with Gasteiger partial charge in [-0.05, 0) is 0 Å². The third-order valence-corrected chi connectivity index (χ3v) is 1.74. The molecule has 0 aromatic carbocycles. The van der Waals surface area contributed by atoms with E-state index in [9.17, 15) is 14.4 Å². The van der Waals surface area contributed by atoms with Gasteiger partial charge in [0.2, 0.25) is 11.8 Å².